The SMILES string of the molecule is CCCCCCC(C)NC(=O)c1cccc(NC(C)=O)c1. The number of benzene rings is 1. The Labute approximate surface area is 127 Å². The summed E-state index contributed by atoms with van der Waals surface area (Å²) in [6, 6.07) is 7.16. The lowest BCUT2D eigenvalue weighted by Gasteiger charge is -2.14. The highest BCUT2D eigenvalue weighted by atomic mass is 16.2. The van der Waals surface area contributed by atoms with E-state index in [0.29, 0.717) is 11.3 Å². The zero-order valence-electron chi connectivity index (χ0n) is 13.2. The predicted molar refractivity (Wildman–Crippen MR) is 86.4 cm³/mol. The van der Waals surface area contributed by atoms with Gasteiger partial charge in [-0.2, -0.15) is 0 Å². The van der Waals surface area contributed by atoms with Crippen molar-refractivity contribution in [3.8, 4) is 0 Å². The predicted octanol–water partition coefficient (Wildman–Crippen LogP) is 3.73. The molecule has 1 aromatic rings. The molecule has 1 atom stereocenters. The molecule has 1 unspecified atom stereocenters. The van der Waals surface area contributed by atoms with Crippen molar-refractivity contribution in [1.29, 1.82) is 0 Å². The molecule has 0 saturated heterocycles. The van der Waals surface area contributed by atoms with E-state index in [2.05, 4.69) is 17.6 Å². The maximum atomic E-state index is 12.2. The van der Waals surface area contributed by atoms with E-state index in [-0.39, 0.29) is 17.9 Å². The lowest BCUT2D eigenvalue weighted by molar-refractivity contribution is -0.114. The van der Waals surface area contributed by atoms with Gasteiger partial charge in [0.25, 0.3) is 5.91 Å². The second-order valence-corrected chi connectivity index (χ2v) is 5.49. The molecule has 0 radical (unpaired) electrons. The number of anilines is 1. The van der Waals surface area contributed by atoms with Crippen LogP contribution in [0, 0.1) is 0 Å². The van der Waals surface area contributed by atoms with Gasteiger partial charge in [0.1, 0.15) is 0 Å². The van der Waals surface area contributed by atoms with Gasteiger partial charge in [-0.1, -0.05) is 38.7 Å². The van der Waals surface area contributed by atoms with Gasteiger partial charge in [-0.25, -0.2) is 0 Å². The minimum absolute atomic E-state index is 0.0924. The number of rotatable bonds is 8. The average molecular weight is 290 g/mol. The Kier molecular flexibility index (Phi) is 7.51. The first kappa shape index (κ1) is 17.2. The van der Waals surface area contributed by atoms with Gasteiger partial charge in [-0.05, 0) is 31.5 Å². The number of amides is 2. The zero-order valence-corrected chi connectivity index (χ0v) is 13.2. The third kappa shape index (κ3) is 6.93. The van der Waals surface area contributed by atoms with Crippen LogP contribution in [0.3, 0.4) is 0 Å². The van der Waals surface area contributed by atoms with Crippen LogP contribution in [0.4, 0.5) is 5.69 Å². The number of carbonyl (C=O) groups is 2. The van der Waals surface area contributed by atoms with Crippen molar-refractivity contribution in [1.82, 2.24) is 5.32 Å². The highest BCUT2D eigenvalue weighted by Crippen LogP contribution is 2.11. The first-order valence-corrected chi connectivity index (χ1v) is 7.71. The molecule has 0 aliphatic rings. The van der Waals surface area contributed by atoms with Crippen molar-refractivity contribution in [2.45, 2.75) is 58.9 Å². The Balaban J connectivity index is 2.49. The number of hydrogen-bond acceptors (Lipinski definition) is 2. The van der Waals surface area contributed by atoms with Gasteiger partial charge in [0, 0.05) is 24.2 Å². The second kappa shape index (κ2) is 9.16. The fraction of sp³-hybridized carbons (Fsp3) is 0.529. The van der Waals surface area contributed by atoms with Crippen LogP contribution in [-0.2, 0) is 4.79 Å². The summed E-state index contributed by atoms with van der Waals surface area (Å²) < 4.78 is 0. The van der Waals surface area contributed by atoms with Gasteiger partial charge in [-0.3, -0.25) is 9.59 Å². The normalized spacial score (nSPS) is 11.8. The summed E-state index contributed by atoms with van der Waals surface area (Å²) in [6.07, 6.45) is 5.82. The maximum absolute atomic E-state index is 12.2. The van der Waals surface area contributed by atoms with Crippen molar-refractivity contribution in [2.75, 3.05) is 5.32 Å². The molecule has 0 saturated carbocycles. The van der Waals surface area contributed by atoms with E-state index in [0.717, 1.165) is 12.8 Å². The first-order chi connectivity index (χ1) is 10.0. The van der Waals surface area contributed by atoms with Crippen LogP contribution in [0.5, 0.6) is 0 Å². The summed E-state index contributed by atoms with van der Waals surface area (Å²) in [4.78, 5) is 23.2. The maximum Gasteiger partial charge on any atom is 0.251 e. The number of hydrogen-bond donors (Lipinski definition) is 2. The Morgan fingerprint density at radius 1 is 1.19 bits per heavy atom. The molecule has 116 valence electrons. The molecule has 0 aliphatic heterocycles. The van der Waals surface area contributed by atoms with Crippen LogP contribution in [0.2, 0.25) is 0 Å². The standard InChI is InChI=1S/C17H26N2O2/c1-4-5-6-7-9-13(2)18-17(21)15-10-8-11-16(12-15)19-14(3)20/h8,10-13H,4-7,9H2,1-3H3,(H,18,21)(H,19,20). The van der Waals surface area contributed by atoms with Crippen molar-refractivity contribution in [3.63, 3.8) is 0 Å². The Morgan fingerprint density at radius 3 is 2.62 bits per heavy atom. The van der Waals surface area contributed by atoms with Crippen LogP contribution < -0.4 is 10.6 Å². The summed E-state index contributed by atoms with van der Waals surface area (Å²) in [5.41, 5.74) is 1.22. The van der Waals surface area contributed by atoms with E-state index < -0.39 is 0 Å². The smallest absolute Gasteiger partial charge is 0.251 e. The molecular formula is C17H26N2O2. The van der Waals surface area contributed by atoms with Crippen LogP contribution in [0.25, 0.3) is 0 Å². The molecule has 0 aromatic heterocycles. The minimum atomic E-state index is -0.142. The highest BCUT2D eigenvalue weighted by molar-refractivity contribution is 5.96. The topological polar surface area (TPSA) is 58.2 Å². The largest absolute Gasteiger partial charge is 0.350 e. The molecule has 1 rings (SSSR count). The number of unbranched alkanes of at least 4 members (excludes halogenated alkanes) is 3. The summed E-state index contributed by atoms with van der Waals surface area (Å²) >= 11 is 0. The summed E-state index contributed by atoms with van der Waals surface area (Å²) in [5, 5.41) is 5.68. The third-order valence-electron chi connectivity index (χ3n) is 3.31. The summed E-state index contributed by atoms with van der Waals surface area (Å²) in [6.45, 7) is 5.67. The van der Waals surface area contributed by atoms with Crippen LogP contribution >= 0.6 is 0 Å². The van der Waals surface area contributed by atoms with Crippen LogP contribution in [0.15, 0.2) is 24.3 Å². The van der Waals surface area contributed by atoms with Gasteiger partial charge < -0.3 is 10.6 Å². The van der Waals surface area contributed by atoms with E-state index >= 15 is 0 Å². The molecule has 0 fully saturated rings. The molecule has 4 nitrogen and oxygen atoms in total. The van der Waals surface area contributed by atoms with Gasteiger partial charge in [0.05, 0.1) is 0 Å². The quantitative estimate of drug-likeness (QED) is 0.717. The molecular weight excluding hydrogens is 264 g/mol. The molecule has 0 spiro atoms. The molecule has 4 heteroatoms. The van der Waals surface area contributed by atoms with Crippen LogP contribution in [-0.4, -0.2) is 17.9 Å². The molecule has 21 heavy (non-hydrogen) atoms. The van der Waals surface area contributed by atoms with Crippen molar-refractivity contribution >= 4 is 17.5 Å². The molecule has 2 amide bonds. The molecule has 2 N–H and O–H groups in total. The fourth-order valence-corrected chi connectivity index (χ4v) is 2.20. The van der Waals surface area contributed by atoms with E-state index in [1.54, 1.807) is 24.3 Å². The second-order valence-electron chi connectivity index (χ2n) is 5.49. The van der Waals surface area contributed by atoms with Crippen molar-refractivity contribution < 1.29 is 9.59 Å². The lowest BCUT2D eigenvalue weighted by Crippen LogP contribution is -2.32. The van der Waals surface area contributed by atoms with Gasteiger partial charge >= 0.3 is 0 Å². The number of nitrogens with one attached hydrogen (secondary N) is 2. The lowest BCUT2D eigenvalue weighted by atomic mass is 10.1. The van der Waals surface area contributed by atoms with Gasteiger partial charge in [-0.15, -0.1) is 0 Å². The molecule has 0 bridgehead atoms. The summed E-state index contributed by atoms with van der Waals surface area (Å²) in [5.74, 6) is -0.234. The minimum Gasteiger partial charge on any atom is -0.350 e. The Morgan fingerprint density at radius 2 is 1.95 bits per heavy atom. The highest BCUT2D eigenvalue weighted by Gasteiger charge is 2.10. The molecule has 0 aliphatic carbocycles. The van der Waals surface area contributed by atoms with E-state index in [1.165, 1.54) is 26.2 Å². The Hall–Kier alpha value is -1.84. The molecule has 1 aromatic carbocycles. The number of carbonyl (C=O) groups excluding carboxylic acids is 2. The van der Waals surface area contributed by atoms with Gasteiger partial charge in [0.2, 0.25) is 5.91 Å². The summed E-state index contributed by atoms with van der Waals surface area (Å²) in [7, 11) is 0. The third-order valence-corrected chi connectivity index (χ3v) is 3.31. The van der Waals surface area contributed by atoms with Crippen molar-refractivity contribution in [3.05, 3.63) is 29.8 Å². The van der Waals surface area contributed by atoms with Crippen molar-refractivity contribution in [2.24, 2.45) is 0 Å². The van der Waals surface area contributed by atoms with Crippen LogP contribution in [0.1, 0.15) is 63.2 Å². The van der Waals surface area contributed by atoms with Gasteiger partial charge in [0.15, 0.2) is 0 Å². The fourth-order valence-electron chi connectivity index (χ4n) is 2.20. The zero-order chi connectivity index (χ0) is 15.7. The van der Waals surface area contributed by atoms with E-state index in [1.807, 2.05) is 6.92 Å². The van der Waals surface area contributed by atoms with E-state index in [9.17, 15) is 9.59 Å². The monoisotopic (exact) mass is 290 g/mol. The first-order valence-electron chi connectivity index (χ1n) is 7.71. The van der Waals surface area contributed by atoms with E-state index in [4.69, 9.17) is 0 Å². The average Bonchev–Trinajstić information content (AvgIpc) is 2.43. The molecule has 0 heterocycles. The Bertz CT molecular complexity index is 472.